The fraction of sp³-hybridized carbons (Fsp3) is 0. The molecule has 3 aromatic rings. The number of H-pyrrole nitrogens is 1. The Morgan fingerprint density at radius 1 is 1.20 bits per heavy atom. The van der Waals surface area contributed by atoms with Gasteiger partial charge in [0.1, 0.15) is 0 Å². The number of anilines is 1. The molecule has 0 aliphatic rings. The highest BCUT2D eigenvalue weighted by atomic mass is 32.2. The summed E-state index contributed by atoms with van der Waals surface area (Å²) in [6, 6.07) is 12.7. The Morgan fingerprint density at radius 2 is 2.00 bits per heavy atom. The summed E-state index contributed by atoms with van der Waals surface area (Å²) in [7, 11) is 0. The Bertz CT molecular complexity index is 764. The molecule has 0 fully saturated rings. The van der Waals surface area contributed by atoms with Crippen LogP contribution < -0.4 is 11.5 Å². The van der Waals surface area contributed by atoms with E-state index in [1.54, 1.807) is 18.2 Å². The lowest BCUT2D eigenvalue weighted by atomic mass is 10.2. The molecule has 0 aliphatic carbocycles. The van der Waals surface area contributed by atoms with Crippen molar-refractivity contribution in [2.24, 2.45) is 5.73 Å². The number of hydrogen-bond acceptors (Lipinski definition) is 4. The number of primary amides is 1. The predicted octanol–water partition coefficient (Wildman–Crippen LogP) is 2.40. The van der Waals surface area contributed by atoms with Gasteiger partial charge in [-0.05, 0) is 42.1 Å². The van der Waals surface area contributed by atoms with Crippen LogP contribution in [0.1, 0.15) is 10.4 Å². The quantitative estimate of drug-likeness (QED) is 0.643. The van der Waals surface area contributed by atoms with Gasteiger partial charge in [0, 0.05) is 16.1 Å². The van der Waals surface area contributed by atoms with Crippen LogP contribution in [0.15, 0.2) is 52.5 Å². The van der Waals surface area contributed by atoms with E-state index in [-0.39, 0.29) is 0 Å². The molecule has 3 rings (SSSR count). The first-order valence-corrected chi connectivity index (χ1v) is 6.77. The number of amides is 1. The molecule has 0 bridgehead atoms. The van der Waals surface area contributed by atoms with Crippen molar-refractivity contribution in [3.05, 3.63) is 48.0 Å². The Kier molecular flexibility index (Phi) is 3.08. The molecule has 0 unspecified atom stereocenters. The standard InChI is InChI=1S/C14H12N4OS/c15-9-6-5-8(13(16)19)7-12(9)20-14-17-10-3-1-2-4-11(10)18-14/h1-7H,15H2,(H2,16,19)(H,17,18). The number of fused-ring (bicyclic) bond motifs is 1. The third kappa shape index (κ3) is 2.33. The molecule has 2 aromatic carbocycles. The van der Waals surface area contributed by atoms with Crippen molar-refractivity contribution in [2.45, 2.75) is 10.1 Å². The summed E-state index contributed by atoms with van der Waals surface area (Å²) in [5.74, 6) is -0.476. The fourth-order valence-electron chi connectivity index (χ4n) is 1.86. The lowest BCUT2D eigenvalue weighted by molar-refractivity contribution is 0.1000. The monoisotopic (exact) mass is 284 g/mol. The summed E-state index contributed by atoms with van der Waals surface area (Å²) in [6.07, 6.45) is 0. The van der Waals surface area contributed by atoms with E-state index < -0.39 is 5.91 Å². The van der Waals surface area contributed by atoms with Crippen LogP contribution in [0.25, 0.3) is 11.0 Å². The number of nitrogens with one attached hydrogen (secondary N) is 1. The molecule has 0 atom stereocenters. The molecule has 1 aromatic heterocycles. The number of nitrogen functional groups attached to an aromatic ring is 1. The lowest BCUT2D eigenvalue weighted by Crippen LogP contribution is -2.11. The van der Waals surface area contributed by atoms with Crippen molar-refractivity contribution in [3.63, 3.8) is 0 Å². The SMILES string of the molecule is NC(=O)c1ccc(N)c(Sc2nc3ccccc3[nH]2)c1. The normalized spacial score (nSPS) is 10.8. The van der Waals surface area contributed by atoms with Gasteiger partial charge in [-0.3, -0.25) is 4.79 Å². The van der Waals surface area contributed by atoms with E-state index >= 15 is 0 Å². The molecule has 1 heterocycles. The zero-order chi connectivity index (χ0) is 14.1. The number of para-hydroxylation sites is 2. The van der Waals surface area contributed by atoms with Crippen LogP contribution in [-0.2, 0) is 0 Å². The summed E-state index contributed by atoms with van der Waals surface area (Å²) in [6.45, 7) is 0. The first-order valence-electron chi connectivity index (χ1n) is 5.95. The number of aromatic nitrogens is 2. The van der Waals surface area contributed by atoms with Crippen LogP contribution >= 0.6 is 11.8 Å². The minimum Gasteiger partial charge on any atom is -0.398 e. The minimum absolute atomic E-state index is 0.429. The summed E-state index contributed by atoms with van der Waals surface area (Å²) in [5, 5.41) is 0.722. The Hall–Kier alpha value is -2.47. The van der Waals surface area contributed by atoms with Gasteiger partial charge in [0.25, 0.3) is 0 Å². The molecule has 1 amide bonds. The smallest absolute Gasteiger partial charge is 0.248 e. The van der Waals surface area contributed by atoms with Crippen molar-refractivity contribution in [1.82, 2.24) is 9.97 Å². The largest absolute Gasteiger partial charge is 0.398 e. The van der Waals surface area contributed by atoms with Gasteiger partial charge in [0.2, 0.25) is 5.91 Å². The topological polar surface area (TPSA) is 97.8 Å². The van der Waals surface area contributed by atoms with Gasteiger partial charge in [-0.1, -0.05) is 12.1 Å². The molecule has 0 radical (unpaired) electrons. The Labute approximate surface area is 119 Å². The van der Waals surface area contributed by atoms with E-state index in [1.165, 1.54) is 11.8 Å². The average Bonchev–Trinajstić information content (AvgIpc) is 2.83. The van der Waals surface area contributed by atoms with Crippen molar-refractivity contribution < 1.29 is 4.79 Å². The van der Waals surface area contributed by atoms with Crippen molar-refractivity contribution in [3.8, 4) is 0 Å². The molecule has 0 spiro atoms. The Balaban J connectivity index is 1.97. The molecule has 0 saturated carbocycles. The molecule has 5 N–H and O–H groups in total. The molecular formula is C14H12N4OS. The highest BCUT2D eigenvalue weighted by molar-refractivity contribution is 7.99. The van der Waals surface area contributed by atoms with Gasteiger partial charge < -0.3 is 16.5 Å². The third-order valence-electron chi connectivity index (χ3n) is 2.87. The molecule has 20 heavy (non-hydrogen) atoms. The van der Waals surface area contributed by atoms with Crippen molar-refractivity contribution in [2.75, 3.05) is 5.73 Å². The summed E-state index contributed by atoms with van der Waals surface area (Å²) in [5.41, 5.74) is 14.1. The number of rotatable bonds is 3. The average molecular weight is 284 g/mol. The van der Waals surface area contributed by atoms with E-state index in [4.69, 9.17) is 11.5 Å². The maximum atomic E-state index is 11.2. The number of carbonyl (C=O) groups excluding carboxylic acids is 1. The van der Waals surface area contributed by atoms with Crippen LogP contribution in [0.2, 0.25) is 0 Å². The van der Waals surface area contributed by atoms with E-state index in [0.29, 0.717) is 11.3 Å². The number of hydrogen-bond donors (Lipinski definition) is 3. The van der Waals surface area contributed by atoms with E-state index in [2.05, 4.69) is 9.97 Å². The second-order valence-electron chi connectivity index (χ2n) is 4.28. The minimum atomic E-state index is -0.476. The molecule has 100 valence electrons. The molecule has 0 saturated heterocycles. The highest BCUT2D eigenvalue weighted by Gasteiger charge is 2.09. The van der Waals surface area contributed by atoms with Crippen LogP contribution in [0.4, 0.5) is 5.69 Å². The maximum absolute atomic E-state index is 11.2. The van der Waals surface area contributed by atoms with Crippen LogP contribution in [-0.4, -0.2) is 15.9 Å². The first kappa shape index (κ1) is 12.6. The number of nitrogens with zero attached hydrogens (tertiary/aromatic N) is 1. The van der Waals surface area contributed by atoms with Gasteiger partial charge in [-0.25, -0.2) is 4.98 Å². The first-order chi connectivity index (χ1) is 9.63. The zero-order valence-corrected chi connectivity index (χ0v) is 11.3. The fourth-order valence-corrected chi connectivity index (χ4v) is 2.74. The van der Waals surface area contributed by atoms with Gasteiger partial charge in [-0.2, -0.15) is 0 Å². The molecular weight excluding hydrogens is 272 g/mol. The Morgan fingerprint density at radius 3 is 2.75 bits per heavy atom. The second-order valence-corrected chi connectivity index (χ2v) is 5.31. The van der Waals surface area contributed by atoms with E-state index in [1.807, 2.05) is 24.3 Å². The van der Waals surface area contributed by atoms with Crippen LogP contribution in [0, 0.1) is 0 Å². The molecule has 5 nitrogen and oxygen atoms in total. The van der Waals surface area contributed by atoms with E-state index in [9.17, 15) is 4.79 Å². The maximum Gasteiger partial charge on any atom is 0.248 e. The van der Waals surface area contributed by atoms with Crippen LogP contribution in [0.3, 0.4) is 0 Å². The van der Waals surface area contributed by atoms with Crippen molar-refractivity contribution in [1.29, 1.82) is 0 Å². The lowest BCUT2D eigenvalue weighted by Gasteiger charge is -2.04. The van der Waals surface area contributed by atoms with E-state index in [0.717, 1.165) is 21.1 Å². The predicted molar refractivity (Wildman–Crippen MR) is 79.6 cm³/mol. The third-order valence-corrected chi connectivity index (χ3v) is 3.83. The highest BCUT2D eigenvalue weighted by Crippen LogP contribution is 2.32. The summed E-state index contributed by atoms with van der Waals surface area (Å²) in [4.78, 5) is 19.6. The van der Waals surface area contributed by atoms with Gasteiger partial charge in [0.15, 0.2) is 5.16 Å². The number of aromatic amines is 1. The second kappa shape index (κ2) is 4.90. The summed E-state index contributed by atoms with van der Waals surface area (Å²) >= 11 is 1.37. The zero-order valence-electron chi connectivity index (χ0n) is 10.5. The van der Waals surface area contributed by atoms with Gasteiger partial charge in [0.05, 0.1) is 11.0 Å². The summed E-state index contributed by atoms with van der Waals surface area (Å²) < 4.78 is 0. The number of nitrogens with two attached hydrogens (primary N) is 2. The number of benzene rings is 2. The number of carbonyl (C=O) groups is 1. The number of imidazole rings is 1. The molecule has 0 aliphatic heterocycles. The van der Waals surface area contributed by atoms with Crippen LogP contribution in [0.5, 0.6) is 0 Å². The molecule has 6 heteroatoms. The van der Waals surface area contributed by atoms with Crippen molar-refractivity contribution >= 4 is 34.4 Å². The van der Waals surface area contributed by atoms with Gasteiger partial charge in [-0.15, -0.1) is 0 Å². The van der Waals surface area contributed by atoms with Gasteiger partial charge >= 0.3 is 0 Å².